The first-order valence-electron chi connectivity index (χ1n) is 7.46. The summed E-state index contributed by atoms with van der Waals surface area (Å²) in [5, 5.41) is 10.7. The monoisotopic (exact) mass is 384 g/mol. The highest BCUT2D eigenvalue weighted by atomic mass is 79.9. The highest BCUT2D eigenvalue weighted by Gasteiger charge is 2.06. The van der Waals surface area contributed by atoms with Crippen LogP contribution in [0.15, 0.2) is 79.1 Å². The van der Waals surface area contributed by atoms with Gasteiger partial charge in [-0.05, 0) is 17.5 Å². The van der Waals surface area contributed by atoms with Crippen molar-refractivity contribution in [2.24, 2.45) is 0 Å². The predicted octanol–water partition coefficient (Wildman–Crippen LogP) is 0.525. The highest BCUT2D eigenvalue weighted by molar-refractivity contribution is 5.34. The summed E-state index contributed by atoms with van der Waals surface area (Å²) in [5.74, 6) is 0. The van der Waals surface area contributed by atoms with Gasteiger partial charge in [0.1, 0.15) is 0 Å². The van der Waals surface area contributed by atoms with Crippen LogP contribution in [0.2, 0.25) is 0 Å². The molecular weight excluding hydrogens is 368 g/mol. The molecule has 0 aliphatic heterocycles. The Hall–Kier alpha value is -2.53. The molecule has 1 aromatic heterocycles. The predicted molar refractivity (Wildman–Crippen MR) is 88.1 cm³/mol. The Kier molecular flexibility index (Phi) is 6.21. The topological polar surface area (TPSA) is 47.0 Å². The summed E-state index contributed by atoms with van der Waals surface area (Å²) >= 11 is 0. The van der Waals surface area contributed by atoms with Gasteiger partial charge in [-0.15, -0.1) is 0 Å². The summed E-state index contributed by atoms with van der Waals surface area (Å²) in [4.78, 5) is 10.3. The molecule has 0 N–H and O–H groups in total. The minimum atomic E-state index is -0.376. The van der Waals surface area contributed by atoms with Gasteiger partial charge in [-0.2, -0.15) is 0 Å². The van der Waals surface area contributed by atoms with Gasteiger partial charge in [0.15, 0.2) is 18.9 Å². The summed E-state index contributed by atoms with van der Waals surface area (Å²) in [5.41, 5.74) is 3.64. The van der Waals surface area contributed by atoms with Gasteiger partial charge in [-0.25, -0.2) is 4.57 Å². The van der Waals surface area contributed by atoms with Crippen LogP contribution in [-0.4, -0.2) is 4.92 Å². The minimum Gasteiger partial charge on any atom is -1.00 e. The third-order valence-electron chi connectivity index (χ3n) is 3.72. The Balaban J connectivity index is 0.00000208. The van der Waals surface area contributed by atoms with Crippen LogP contribution in [0.1, 0.15) is 16.7 Å². The molecule has 0 atom stereocenters. The number of hydrogen-bond acceptors (Lipinski definition) is 2. The fraction of sp³-hybridized carbons (Fsp3) is 0.105. The van der Waals surface area contributed by atoms with E-state index >= 15 is 0 Å². The molecule has 0 aliphatic rings. The van der Waals surface area contributed by atoms with Crippen LogP contribution < -0.4 is 21.5 Å². The van der Waals surface area contributed by atoms with E-state index in [1.165, 1.54) is 11.1 Å². The van der Waals surface area contributed by atoms with Crippen molar-refractivity contribution in [1.29, 1.82) is 0 Å². The van der Waals surface area contributed by atoms with E-state index in [1.54, 1.807) is 12.1 Å². The normalized spacial score (nSPS) is 10.0. The van der Waals surface area contributed by atoms with E-state index in [2.05, 4.69) is 41.2 Å². The van der Waals surface area contributed by atoms with Crippen LogP contribution in [-0.2, 0) is 13.0 Å². The van der Waals surface area contributed by atoms with Gasteiger partial charge in [0, 0.05) is 29.8 Å². The fourth-order valence-electron chi connectivity index (χ4n) is 2.48. The van der Waals surface area contributed by atoms with Crippen LogP contribution in [0.5, 0.6) is 0 Å². The number of aromatic nitrogens is 1. The summed E-state index contributed by atoms with van der Waals surface area (Å²) in [7, 11) is 0. The number of nitro benzene ring substituents is 1. The molecule has 122 valence electrons. The first kappa shape index (κ1) is 17.8. The van der Waals surface area contributed by atoms with Crippen molar-refractivity contribution >= 4 is 5.69 Å². The number of nitrogens with zero attached hydrogens (tertiary/aromatic N) is 2. The summed E-state index contributed by atoms with van der Waals surface area (Å²) in [6.45, 7) is 0.846. The van der Waals surface area contributed by atoms with E-state index < -0.39 is 0 Å². The zero-order valence-corrected chi connectivity index (χ0v) is 14.6. The molecular formula is C19H17BrN2O2. The Morgan fingerprint density at radius 1 is 0.792 bits per heavy atom. The number of hydrogen-bond donors (Lipinski definition) is 0. The summed E-state index contributed by atoms with van der Waals surface area (Å²) < 4.78 is 2.13. The number of halogens is 1. The van der Waals surface area contributed by atoms with E-state index in [9.17, 15) is 10.1 Å². The third kappa shape index (κ3) is 4.73. The zero-order valence-electron chi connectivity index (χ0n) is 13.0. The van der Waals surface area contributed by atoms with Gasteiger partial charge in [0.2, 0.25) is 0 Å². The Morgan fingerprint density at radius 3 is 1.96 bits per heavy atom. The van der Waals surface area contributed by atoms with Gasteiger partial charge in [-0.3, -0.25) is 10.1 Å². The maximum atomic E-state index is 10.7. The van der Waals surface area contributed by atoms with Gasteiger partial charge in [0.05, 0.1) is 4.92 Å². The van der Waals surface area contributed by atoms with Crippen LogP contribution in [0.25, 0.3) is 0 Å². The second-order valence-electron chi connectivity index (χ2n) is 5.46. The lowest BCUT2D eigenvalue weighted by atomic mass is 10.1. The molecule has 0 spiro atoms. The fourth-order valence-corrected chi connectivity index (χ4v) is 2.48. The molecule has 0 unspecified atom stereocenters. The van der Waals surface area contributed by atoms with E-state index in [0.29, 0.717) is 0 Å². The molecule has 3 aromatic rings. The molecule has 3 rings (SSSR count). The molecule has 5 heteroatoms. The molecule has 0 radical (unpaired) electrons. The molecule has 0 saturated carbocycles. The SMILES string of the molecule is O=[N+]([O-])c1ccc(Cc2cc[n+](Cc3ccccc3)cc2)cc1.[Br-]. The van der Waals surface area contributed by atoms with E-state index in [0.717, 1.165) is 18.5 Å². The van der Waals surface area contributed by atoms with E-state index in [-0.39, 0.29) is 27.6 Å². The molecule has 24 heavy (non-hydrogen) atoms. The lowest BCUT2D eigenvalue weighted by Gasteiger charge is -2.02. The number of non-ortho nitro benzene ring substituents is 1. The van der Waals surface area contributed by atoms with E-state index in [1.807, 2.05) is 30.3 Å². The van der Waals surface area contributed by atoms with Crippen molar-refractivity contribution in [1.82, 2.24) is 0 Å². The van der Waals surface area contributed by atoms with Crippen LogP contribution >= 0.6 is 0 Å². The Labute approximate surface area is 151 Å². The molecule has 0 bridgehead atoms. The quantitative estimate of drug-likeness (QED) is 0.366. The average molecular weight is 385 g/mol. The van der Waals surface area contributed by atoms with Crippen molar-refractivity contribution in [3.63, 3.8) is 0 Å². The standard InChI is InChI=1S/C19H17N2O2.BrH/c22-21(23)19-8-6-16(7-9-19)14-17-10-12-20(13-11-17)15-18-4-2-1-3-5-18;/h1-13H,14-15H2;1H/q+1;/p-1. The maximum Gasteiger partial charge on any atom is 0.269 e. The summed E-state index contributed by atoms with van der Waals surface area (Å²) in [6, 6.07) is 21.2. The lowest BCUT2D eigenvalue weighted by Crippen LogP contribution is -3.00. The number of benzene rings is 2. The first-order chi connectivity index (χ1) is 11.2. The number of nitro groups is 1. The largest absolute Gasteiger partial charge is 1.00 e. The summed E-state index contributed by atoms with van der Waals surface area (Å²) in [6.07, 6.45) is 4.89. The third-order valence-corrected chi connectivity index (χ3v) is 3.72. The number of rotatable bonds is 5. The van der Waals surface area contributed by atoms with Crippen LogP contribution in [0, 0.1) is 10.1 Å². The Morgan fingerprint density at radius 2 is 1.38 bits per heavy atom. The molecule has 0 fully saturated rings. The van der Waals surface area contributed by atoms with Crippen molar-refractivity contribution in [2.45, 2.75) is 13.0 Å². The highest BCUT2D eigenvalue weighted by Crippen LogP contribution is 2.14. The van der Waals surface area contributed by atoms with E-state index in [4.69, 9.17) is 0 Å². The van der Waals surface area contributed by atoms with Crippen molar-refractivity contribution < 1.29 is 26.5 Å². The van der Waals surface area contributed by atoms with Gasteiger partial charge >= 0.3 is 0 Å². The second-order valence-corrected chi connectivity index (χ2v) is 5.46. The molecule has 1 heterocycles. The van der Waals surface area contributed by atoms with Crippen molar-refractivity contribution in [2.75, 3.05) is 0 Å². The molecule has 2 aromatic carbocycles. The number of pyridine rings is 1. The van der Waals surface area contributed by atoms with Gasteiger partial charge < -0.3 is 17.0 Å². The van der Waals surface area contributed by atoms with Crippen molar-refractivity contribution in [3.05, 3.63) is 106 Å². The molecule has 4 nitrogen and oxygen atoms in total. The average Bonchev–Trinajstić information content (AvgIpc) is 2.58. The first-order valence-corrected chi connectivity index (χ1v) is 7.46. The zero-order chi connectivity index (χ0) is 16.1. The maximum absolute atomic E-state index is 10.7. The molecule has 0 amide bonds. The minimum absolute atomic E-state index is 0. The smallest absolute Gasteiger partial charge is 0.269 e. The van der Waals surface area contributed by atoms with Gasteiger partial charge in [0.25, 0.3) is 5.69 Å². The van der Waals surface area contributed by atoms with Gasteiger partial charge in [-0.1, -0.05) is 42.5 Å². The molecule has 0 saturated heterocycles. The van der Waals surface area contributed by atoms with Crippen LogP contribution in [0.3, 0.4) is 0 Å². The molecule has 0 aliphatic carbocycles. The van der Waals surface area contributed by atoms with Crippen LogP contribution in [0.4, 0.5) is 5.69 Å². The Bertz CT molecular complexity index is 788. The van der Waals surface area contributed by atoms with Crippen molar-refractivity contribution in [3.8, 4) is 0 Å². The lowest BCUT2D eigenvalue weighted by molar-refractivity contribution is -0.688. The second kappa shape index (κ2) is 8.36.